The molecule has 0 aliphatic carbocycles. The molecule has 2 aromatic carbocycles. The van der Waals surface area contributed by atoms with Crippen molar-refractivity contribution < 1.29 is 5.11 Å². The summed E-state index contributed by atoms with van der Waals surface area (Å²) >= 11 is 0. The third-order valence-electron chi connectivity index (χ3n) is 2.64. The molecule has 0 radical (unpaired) electrons. The van der Waals surface area contributed by atoms with Gasteiger partial charge in [0.1, 0.15) is 0 Å². The molecule has 78 valence electrons. The lowest BCUT2D eigenvalue weighted by Crippen LogP contribution is -2.09. The molecule has 0 bridgehead atoms. The summed E-state index contributed by atoms with van der Waals surface area (Å²) in [6.07, 6.45) is 0. The van der Waals surface area contributed by atoms with Gasteiger partial charge in [0.2, 0.25) is 0 Å². The van der Waals surface area contributed by atoms with Gasteiger partial charge in [-0.3, -0.25) is 0 Å². The van der Waals surface area contributed by atoms with Crippen LogP contribution in [0.25, 0.3) is 10.8 Å². The molecule has 2 rings (SSSR count). The van der Waals surface area contributed by atoms with Crippen molar-refractivity contribution in [1.82, 2.24) is 0 Å². The Morgan fingerprint density at radius 2 is 1.67 bits per heavy atom. The van der Waals surface area contributed by atoms with Gasteiger partial charge in [-0.05, 0) is 17.0 Å². The molecule has 2 heteroatoms. The van der Waals surface area contributed by atoms with Crippen molar-refractivity contribution in [3.63, 3.8) is 0 Å². The molecular formula is C13H15NO. The summed E-state index contributed by atoms with van der Waals surface area (Å²) in [4.78, 5) is 2.09. The zero-order chi connectivity index (χ0) is 10.8. The fraction of sp³-hybridized carbons (Fsp3) is 0.231. The maximum atomic E-state index is 9.25. The summed E-state index contributed by atoms with van der Waals surface area (Å²) in [5.74, 6) is 0. The molecule has 0 aliphatic heterocycles. The first-order chi connectivity index (χ1) is 7.24. The van der Waals surface area contributed by atoms with Crippen LogP contribution in [0.4, 0.5) is 5.69 Å². The van der Waals surface area contributed by atoms with Crippen LogP contribution in [-0.4, -0.2) is 19.2 Å². The largest absolute Gasteiger partial charge is 0.392 e. The Morgan fingerprint density at radius 1 is 1.00 bits per heavy atom. The summed E-state index contributed by atoms with van der Waals surface area (Å²) < 4.78 is 0. The predicted molar refractivity (Wildman–Crippen MR) is 64.2 cm³/mol. The molecule has 0 fully saturated rings. The molecule has 0 unspecified atom stereocenters. The van der Waals surface area contributed by atoms with Gasteiger partial charge >= 0.3 is 0 Å². The zero-order valence-corrected chi connectivity index (χ0v) is 9.07. The second-order valence-electron chi connectivity index (χ2n) is 3.84. The van der Waals surface area contributed by atoms with E-state index in [1.54, 1.807) is 0 Å². The van der Waals surface area contributed by atoms with Crippen molar-refractivity contribution in [2.75, 3.05) is 19.0 Å². The maximum absolute atomic E-state index is 9.25. The van der Waals surface area contributed by atoms with Crippen LogP contribution in [0.5, 0.6) is 0 Å². The van der Waals surface area contributed by atoms with E-state index in [0.29, 0.717) is 0 Å². The highest BCUT2D eigenvalue weighted by Crippen LogP contribution is 2.28. The van der Waals surface area contributed by atoms with Crippen LogP contribution in [0.3, 0.4) is 0 Å². The van der Waals surface area contributed by atoms with Crippen molar-refractivity contribution in [2.45, 2.75) is 6.61 Å². The van der Waals surface area contributed by atoms with E-state index >= 15 is 0 Å². The quantitative estimate of drug-likeness (QED) is 0.806. The summed E-state index contributed by atoms with van der Waals surface area (Å²) in [6.45, 7) is 0.0915. The van der Waals surface area contributed by atoms with Crippen LogP contribution in [0.15, 0.2) is 36.4 Å². The summed E-state index contributed by atoms with van der Waals surface area (Å²) in [7, 11) is 4.06. The SMILES string of the molecule is CN(C)c1ccc(CO)c2ccccc12. The number of aliphatic hydroxyl groups is 1. The van der Waals surface area contributed by atoms with Crippen LogP contribution < -0.4 is 4.90 Å². The van der Waals surface area contributed by atoms with E-state index in [4.69, 9.17) is 0 Å². The third-order valence-corrected chi connectivity index (χ3v) is 2.64. The second-order valence-corrected chi connectivity index (χ2v) is 3.84. The first kappa shape index (κ1) is 9.99. The monoisotopic (exact) mass is 201 g/mol. The highest BCUT2D eigenvalue weighted by atomic mass is 16.3. The molecule has 0 aromatic heterocycles. The third kappa shape index (κ3) is 1.68. The van der Waals surface area contributed by atoms with Gasteiger partial charge in [0, 0.05) is 25.2 Å². The number of hydrogen-bond donors (Lipinski definition) is 1. The lowest BCUT2D eigenvalue weighted by atomic mass is 10.0. The fourth-order valence-electron chi connectivity index (χ4n) is 1.87. The van der Waals surface area contributed by atoms with Crippen molar-refractivity contribution in [1.29, 1.82) is 0 Å². The summed E-state index contributed by atoms with van der Waals surface area (Å²) in [5.41, 5.74) is 2.17. The molecule has 1 N–H and O–H groups in total. The van der Waals surface area contributed by atoms with Crippen molar-refractivity contribution >= 4 is 16.5 Å². The van der Waals surface area contributed by atoms with Crippen molar-refractivity contribution in [3.8, 4) is 0 Å². The number of fused-ring (bicyclic) bond motifs is 1. The molecule has 0 spiro atoms. The lowest BCUT2D eigenvalue weighted by molar-refractivity contribution is 0.283. The molecule has 2 nitrogen and oxygen atoms in total. The number of aliphatic hydroxyl groups excluding tert-OH is 1. The molecule has 0 saturated carbocycles. The van der Waals surface area contributed by atoms with Crippen LogP contribution in [0.1, 0.15) is 5.56 Å². The highest BCUT2D eigenvalue weighted by molar-refractivity contribution is 5.96. The average molecular weight is 201 g/mol. The average Bonchev–Trinajstić information content (AvgIpc) is 2.27. The zero-order valence-electron chi connectivity index (χ0n) is 9.07. The van der Waals surface area contributed by atoms with E-state index < -0.39 is 0 Å². The van der Waals surface area contributed by atoms with Gasteiger partial charge in [-0.2, -0.15) is 0 Å². The Kier molecular flexibility index (Phi) is 2.60. The Balaban J connectivity index is 2.77. The fourth-order valence-corrected chi connectivity index (χ4v) is 1.87. The van der Waals surface area contributed by atoms with E-state index in [1.807, 2.05) is 44.4 Å². The number of rotatable bonds is 2. The molecule has 0 amide bonds. The number of hydrogen-bond acceptors (Lipinski definition) is 2. The smallest absolute Gasteiger partial charge is 0.0687 e. The van der Waals surface area contributed by atoms with Gasteiger partial charge < -0.3 is 10.0 Å². The van der Waals surface area contributed by atoms with Gasteiger partial charge in [0.05, 0.1) is 6.61 Å². The Labute approximate surface area is 89.8 Å². The van der Waals surface area contributed by atoms with E-state index in [-0.39, 0.29) is 6.61 Å². The Morgan fingerprint density at radius 3 is 2.27 bits per heavy atom. The van der Waals surface area contributed by atoms with Crippen LogP contribution >= 0.6 is 0 Å². The lowest BCUT2D eigenvalue weighted by Gasteiger charge is -2.16. The first-order valence-corrected chi connectivity index (χ1v) is 5.03. The molecule has 0 saturated heterocycles. The maximum Gasteiger partial charge on any atom is 0.0687 e. The van der Waals surface area contributed by atoms with E-state index in [1.165, 1.54) is 11.1 Å². The van der Waals surface area contributed by atoms with Crippen LogP contribution in [0, 0.1) is 0 Å². The number of benzene rings is 2. The van der Waals surface area contributed by atoms with E-state index in [0.717, 1.165) is 10.9 Å². The van der Waals surface area contributed by atoms with Gasteiger partial charge in [-0.25, -0.2) is 0 Å². The Hall–Kier alpha value is -1.54. The second kappa shape index (κ2) is 3.91. The molecule has 0 aliphatic rings. The van der Waals surface area contributed by atoms with Crippen molar-refractivity contribution in [3.05, 3.63) is 42.0 Å². The van der Waals surface area contributed by atoms with Gasteiger partial charge in [-0.15, -0.1) is 0 Å². The van der Waals surface area contributed by atoms with Gasteiger partial charge in [0.25, 0.3) is 0 Å². The molecule has 0 heterocycles. The van der Waals surface area contributed by atoms with Crippen molar-refractivity contribution in [2.24, 2.45) is 0 Å². The number of nitrogens with zero attached hydrogens (tertiary/aromatic N) is 1. The normalized spacial score (nSPS) is 10.6. The standard InChI is InChI=1S/C13H15NO/c1-14(2)13-8-7-10(9-15)11-5-3-4-6-12(11)13/h3-8,15H,9H2,1-2H3. The molecular weight excluding hydrogens is 186 g/mol. The number of anilines is 1. The first-order valence-electron chi connectivity index (χ1n) is 5.03. The van der Waals surface area contributed by atoms with Crippen LogP contribution in [-0.2, 0) is 6.61 Å². The highest BCUT2D eigenvalue weighted by Gasteiger charge is 2.05. The Bertz CT molecular complexity index is 477. The van der Waals surface area contributed by atoms with E-state index in [9.17, 15) is 5.11 Å². The molecule has 0 atom stereocenters. The minimum Gasteiger partial charge on any atom is -0.392 e. The summed E-state index contributed by atoms with van der Waals surface area (Å²) in [6, 6.07) is 12.2. The van der Waals surface area contributed by atoms with Crippen LogP contribution in [0.2, 0.25) is 0 Å². The summed E-state index contributed by atoms with van der Waals surface area (Å²) in [5, 5.41) is 11.6. The molecule has 2 aromatic rings. The van der Waals surface area contributed by atoms with Gasteiger partial charge in [0.15, 0.2) is 0 Å². The minimum absolute atomic E-state index is 0.0915. The molecule has 15 heavy (non-hydrogen) atoms. The predicted octanol–water partition coefficient (Wildman–Crippen LogP) is 2.40. The van der Waals surface area contributed by atoms with E-state index in [2.05, 4.69) is 11.0 Å². The topological polar surface area (TPSA) is 23.5 Å². The minimum atomic E-state index is 0.0915. The van der Waals surface area contributed by atoms with Gasteiger partial charge in [-0.1, -0.05) is 30.3 Å².